The average Bonchev–Trinajstić information content (AvgIpc) is 2.24. The number of nitrogens with zero attached hydrogens (tertiary/aromatic N) is 1. The summed E-state index contributed by atoms with van der Waals surface area (Å²) < 4.78 is 0.921. The summed E-state index contributed by atoms with van der Waals surface area (Å²) in [5.41, 5.74) is 0.870. The predicted molar refractivity (Wildman–Crippen MR) is 63.9 cm³/mol. The highest BCUT2D eigenvalue weighted by Crippen LogP contribution is 2.28. The molecule has 1 unspecified atom stereocenters. The van der Waals surface area contributed by atoms with Crippen molar-refractivity contribution in [3.63, 3.8) is 0 Å². The second kappa shape index (κ2) is 4.37. The molecule has 1 atom stereocenters. The number of hydrogen-bond donors (Lipinski definition) is 0. The Hall–Kier alpha value is -1.16. The average molecular weight is 282 g/mol. The molecule has 1 aromatic rings. The number of piperidine rings is 1. The maximum atomic E-state index is 11.9. The Morgan fingerprint density at radius 2 is 2.06 bits per heavy atom. The monoisotopic (exact) mass is 281 g/mol. The third kappa shape index (κ3) is 2.02. The molecule has 4 heteroatoms. The van der Waals surface area contributed by atoms with E-state index in [1.807, 2.05) is 24.3 Å². The first-order valence-corrected chi connectivity index (χ1v) is 5.93. The zero-order valence-electron chi connectivity index (χ0n) is 8.94. The fourth-order valence-corrected chi connectivity index (χ4v) is 2.41. The molecule has 1 aromatic carbocycles. The Kier molecular flexibility index (Phi) is 3.10. The summed E-state index contributed by atoms with van der Waals surface area (Å²) in [7, 11) is 1.69. The number of rotatable bonds is 1. The van der Waals surface area contributed by atoms with Gasteiger partial charge in [-0.05, 0) is 17.7 Å². The minimum atomic E-state index is -0.418. The van der Waals surface area contributed by atoms with Crippen molar-refractivity contribution < 1.29 is 9.59 Å². The molecule has 1 amide bonds. The van der Waals surface area contributed by atoms with Crippen LogP contribution in [-0.4, -0.2) is 23.6 Å². The lowest BCUT2D eigenvalue weighted by atomic mass is 9.94. The molecule has 1 saturated heterocycles. The van der Waals surface area contributed by atoms with Gasteiger partial charge >= 0.3 is 0 Å². The number of Topliss-reactive ketones (excluding diaryl/α,β-unsaturated/α-hetero) is 1. The quantitative estimate of drug-likeness (QED) is 0.792. The van der Waals surface area contributed by atoms with E-state index in [2.05, 4.69) is 15.9 Å². The molecule has 0 N–H and O–H groups in total. The van der Waals surface area contributed by atoms with Gasteiger partial charge < -0.3 is 4.90 Å². The van der Waals surface area contributed by atoms with Crippen LogP contribution in [0.4, 0.5) is 0 Å². The van der Waals surface area contributed by atoms with Gasteiger partial charge in [0.25, 0.3) is 0 Å². The largest absolute Gasteiger partial charge is 0.332 e. The summed E-state index contributed by atoms with van der Waals surface area (Å²) in [4.78, 5) is 25.0. The summed E-state index contributed by atoms with van der Waals surface area (Å²) in [6.45, 7) is 0. The van der Waals surface area contributed by atoms with Gasteiger partial charge in [0.15, 0.2) is 5.78 Å². The molecule has 0 aromatic heterocycles. The van der Waals surface area contributed by atoms with Crippen LogP contribution in [0.5, 0.6) is 0 Å². The summed E-state index contributed by atoms with van der Waals surface area (Å²) >= 11 is 3.37. The molecular formula is C12H12BrNO2. The van der Waals surface area contributed by atoms with Crippen LogP contribution in [0.3, 0.4) is 0 Å². The summed E-state index contributed by atoms with van der Waals surface area (Å²) in [5.74, 6) is 0.143. The number of likely N-dealkylation sites (tertiary alicyclic amines) is 1. The van der Waals surface area contributed by atoms with Gasteiger partial charge in [0.05, 0.1) is 0 Å². The van der Waals surface area contributed by atoms with Crippen LogP contribution in [0, 0.1) is 0 Å². The van der Waals surface area contributed by atoms with Crippen LogP contribution in [0.15, 0.2) is 28.7 Å². The highest BCUT2D eigenvalue weighted by molar-refractivity contribution is 9.10. The molecule has 0 bridgehead atoms. The Balaban J connectivity index is 2.37. The first-order chi connectivity index (χ1) is 7.59. The number of carbonyl (C=O) groups excluding carboxylic acids is 2. The normalized spacial score (nSPS) is 21.4. The lowest BCUT2D eigenvalue weighted by Gasteiger charge is -2.31. The Bertz CT molecular complexity index is 444. The smallest absolute Gasteiger partial charge is 0.223 e. The van der Waals surface area contributed by atoms with Crippen LogP contribution >= 0.6 is 15.9 Å². The molecule has 1 aliphatic rings. The molecule has 1 aliphatic heterocycles. The highest BCUT2D eigenvalue weighted by Gasteiger charge is 2.32. The Labute approximate surface area is 103 Å². The minimum Gasteiger partial charge on any atom is -0.332 e. The zero-order chi connectivity index (χ0) is 11.7. The Morgan fingerprint density at radius 1 is 1.31 bits per heavy atom. The van der Waals surface area contributed by atoms with Crippen LogP contribution in [-0.2, 0) is 9.59 Å². The van der Waals surface area contributed by atoms with Crippen molar-refractivity contribution in [2.75, 3.05) is 7.05 Å². The van der Waals surface area contributed by atoms with E-state index in [0.717, 1.165) is 10.0 Å². The predicted octanol–water partition coefficient (Wildman–Crippen LogP) is 2.31. The van der Waals surface area contributed by atoms with Crippen LogP contribution in [0.2, 0.25) is 0 Å². The standard InChI is InChI=1S/C12H12BrNO2/c1-14-11(16)6-5-10(15)12(14)8-3-2-4-9(13)7-8/h2-4,7,12H,5-6H2,1H3. The highest BCUT2D eigenvalue weighted by atomic mass is 79.9. The van der Waals surface area contributed by atoms with Gasteiger partial charge in [-0.15, -0.1) is 0 Å². The van der Waals surface area contributed by atoms with Crippen molar-refractivity contribution in [2.24, 2.45) is 0 Å². The first-order valence-electron chi connectivity index (χ1n) is 5.13. The zero-order valence-corrected chi connectivity index (χ0v) is 10.5. The maximum Gasteiger partial charge on any atom is 0.223 e. The Morgan fingerprint density at radius 3 is 2.75 bits per heavy atom. The minimum absolute atomic E-state index is 0.0320. The molecule has 1 fully saturated rings. The van der Waals surface area contributed by atoms with Gasteiger partial charge in [0, 0.05) is 24.4 Å². The van der Waals surface area contributed by atoms with Crippen LogP contribution in [0.1, 0.15) is 24.4 Å². The number of carbonyl (C=O) groups is 2. The number of likely N-dealkylation sites (N-methyl/N-ethyl adjacent to an activating group) is 1. The fourth-order valence-electron chi connectivity index (χ4n) is 1.99. The van der Waals surface area contributed by atoms with Crippen molar-refractivity contribution >= 4 is 27.6 Å². The molecule has 0 aliphatic carbocycles. The third-order valence-corrected chi connectivity index (χ3v) is 3.33. The number of benzene rings is 1. The van der Waals surface area contributed by atoms with Crippen molar-refractivity contribution in [3.05, 3.63) is 34.3 Å². The lowest BCUT2D eigenvalue weighted by Crippen LogP contribution is -2.40. The first kappa shape index (κ1) is 11.3. The van der Waals surface area contributed by atoms with Gasteiger partial charge in [0.2, 0.25) is 5.91 Å². The van der Waals surface area contributed by atoms with Crippen molar-refractivity contribution in [2.45, 2.75) is 18.9 Å². The van der Waals surface area contributed by atoms with Crippen LogP contribution < -0.4 is 0 Å². The molecule has 16 heavy (non-hydrogen) atoms. The number of halogens is 1. The fraction of sp³-hybridized carbons (Fsp3) is 0.333. The second-order valence-electron chi connectivity index (χ2n) is 3.93. The SMILES string of the molecule is CN1C(=O)CCC(=O)C1c1cccc(Br)c1. The van der Waals surface area contributed by atoms with E-state index in [-0.39, 0.29) is 11.7 Å². The van der Waals surface area contributed by atoms with Gasteiger partial charge in [-0.25, -0.2) is 0 Å². The molecule has 1 heterocycles. The number of ketones is 1. The lowest BCUT2D eigenvalue weighted by molar-refractivity contribution is -0.143. The van der Waals surface area contributed by atoms with Crippen molar-refractivity contribution in [1.29, 1.82) is 0 Å². The molecule has 0 saturated carbocycles. The number of amides is 1. The summed E-state index contributed by atoms with van der Waals surface area (Å²) in [6, 6.07) is 7.12. The molecule has 3 nitrogen and oxygen atoms in total. The van der Waals surface area contributed by atoms with E-state index in [9.17, 15) is 9.59 Å². The molecule has 2 rings (SSSR count). The van der Waals surface area contributed by atoms with E-state index in [0.29, 0.717) is 12.8 Å². The van der Waals surface area contributed by atoms with Gasteiger partial charge in [-0.2, -0.15) is 0 Å². The van der Waals surface area contributed by atoms with E-state index in [1.54, 1.807) is 7.05 Å². The van der Waals surface area contributed by atoms with E-state index in [1.165, 1.54) is 4.90 Å². The summed E-state index contributed by atoms with van der Waals surface area (Å²) in [6.07, 6.45) is 0.681. The topological polar surface area (TPSA) is 37.4 Å². The van der Waals surface area contributed by atoms with Crippen LogP contribution in [0.25, 0.3) is 0 Å². The molecule has 0 radical (unpaired) electrons. The van der Waals surface area contributed by atoms with Gasteiger partial charge in [0.1, 0.15) is 6.04 Å². The van der Waals surface area contributed by atoms with E-state index >= 15 is 0 Å². The third-order valence-electron chi connectivity index (χ3n) is 2.84. The maximum absolute atomic E-state index is 11.9. The molecular weight excluding hydrogens is 270 g/mol. The van der Waals surface area contributed by atoms with E-state index < -0.39 is 6.04 Å². The van der Waals surface area contributed by atoms with E-state index in [4.69, 9.17) is 0 Å². The van der Waals surface area contributed by atoms with Crippen molar-refractivity contribution in [3.8, 4) is 0 Å². The number of hydrogen-bond acceptors (Lipinski definition) is 2. The van der Waals surface area contributed by atoms with Gasteiger partial charge in [-0.1, -0.05) is 28.1 Å². The second-order valence-corrected chi connectivity index (χ2v) is 4.84. The van der Waals surface area contributed by atoms with Crippen molar-refractivity contribution in [1.82, 2.24) is 4.90 Å². The molecule has 84 valence electrons. The van der Waals surface area contributed by atoms with Gasteiger partial charge in [-0.3, -0.25) is 9.59 Å². The summed E-state index contributed by atoms with van der Waals surface area (Å²) in [5, 5.41) is 0. The molecule has 0 spiro atoms.